The van der Waals surface area contributed by atoms with E-state index in [1.54, 1.807) is 0 Å². The van der Waals surface area contributed by atoms with Gasteiger partial charge in [0.05, 0.1) is 5.92 Å². The van der Waals surface area contributed by atoms with Crippen molar-refractivity contribution in [1.82, 2.24) is 0 Å². The van der Waals surface area contributed by atoms with Crippen LogP contribution in [0.15, 0.2) is 30.4 Å². The van der Waals surface area contributed by atoms with Crippen LogP contribution in [-0.2, 0) is 11.2 Å². The van der Waals surface area contributed by atoms with Crippen molar-refractivity contribution < 1.29 is 4.79 Å². The van der Waals surface area contributed by atoms with Crippen molar-refractivity contribution in [3.8, 4) is 0 Å². The zero-order chi connectivity index (χ0) is 13.4. The molecule has 0 radical (unpaired) electrons. The molecular weight excluding hydrogens is 236 g/mol. The monoisotopic (exact) mass is 256 g/mol. The van der Waals surface area contributed by atoms with Gasteiger partial charge in [0.15, 0.2) is 0 Å². The number of carbonyl (C=O) groups is 1. The van der Waals surface area contributed by atoms with E-state index in [4.69, 9.17) is 5.73 Å². The largest absolute Gasteiger partial charge is 0.324 e. The standard InChI is InChI=1S/C16H20N2O/c1-11-4-7-15-12(9-11)3-2-8-18(15)16(19)13-5-6-14(17)10-13/h4-7,9,13-14H,2-3,8,10,17H2,1H3. The summed E-state index contributed by atoms with van der Waals surface area (Å²) < 4.78 is 0. The fourth-order valence-corrected chi connectivity index (χ4v) is 3.07. The van der Waals surface area contributed by atoms with Crippen LogP contribution in [0, 0.1) is 12.8 Å². The second kappa shape index (κ2) is 4.82. The Hall–Kier alpha value is -1.61. The molecule has 1 amide bonds. The number of amides is 1. The molecule has 2 atom stereocenters. The van der Waals surface area contributed by atoms with Crippen molar-refractivity contribution in [1.29, 1.82) is 0 Å². The Morgan fingerprint density at radius 1 is 1.37 bits per heavy atom. The van der Waals surface area contributed by atoms with Crippen LogP contribution in [0.4, 0.5) is 5.69 Å². The van der Waals surface area contributed by atoms with Gasteiger partial charge in [-0.1, -0.05) is 29.8 Å². The Balaban J connectivity index is 1.87. The van der Waals surface area contributed by atoms with E-state index >= 15 is 0 Å². The molecule has 0 spiro atoms. The molecule has 2 aliphatic rings. The van der Waals surface area contributed by atoms with Gasteiger partial charge < -0.3 is 10.6 Å². The SMILES string of the molecule is Cc1ccc2c(c1)CCCN2C(=O)C1C=CC(N)C1. The van der Waals surface area contributed by atoms with Crippen LogP contribution in [0.25, 0.3) is 0 Å². The molecule has 19 heavy (non-hydrogen) atoms. The second-order valence-corrected chi connectivity index (χ2v) is 5.62. The minimum absolute atomic E-state index is 0.0382. The smallest absolute Gasteiger partial charge is 0.233 e. The minimum atomic E-state index is -0.0396. The van der Waals surface area contributed by atoms with Gasteiger partial charge in [-0.15, -0.1) is 0 Å². The predicted octanol–water partition coefficient (Wildman–Crippen LogP) is 2.18. The van der Waals surface area contributed by atoms with Gasteiger partial charge in [0.1, 0.15) is 0 Å². The van der Waals surface area contributed by atoms with Gasteiger partial charge in [-0.2, -0.15) is 0 Å². The Morgan fingerprint density at radius 3 is 2.95 bits per heavy atom. The number of nitrogens with two attached hydrogens (primary N) is 1. The quantitative estimate of drug-likeness (QED) is 0.783. The number of carbonyl (C=O) groups excluding carboxylic acids is 1. The summed E-state index contributed by atoms with van der Waals surface area (Å²) in [4.78, 5) is 14.6. The fraction of sp³-hybridized carbons (Fsp3) is 0.438. The molecule has 1 aliphatic heterocycles. The van der Waals surface area contributed by atoms with E-state index in [2.05, 4.69) is 25.1 Å². The molecule has 1 aromatic carbocycles. The van der Waals surface area contributed by atoms with E-state index in [1.807, 2.05) is 17.1 Å². The maximum atomic E-state index is 12.6. The lowest BCUT2D eigenvalue weighted by molar-refractivity contribution is -0.121. The average molecular weight is 256 g/mol. The summed E-state index contributed by atoms with van der Waals surface area (Å²) in [6, 6.07) is 6.41. The van der Waals surface area contributed by atoms with Gasteiger partial charge in [-0.25, -0.2) is 0 Å². The highest BCUT2D eigenvalue weighted by molar-refractivity contribution is 5.97. The zero-order valence-corrected chi connectivity index (χ0v) is 11.3. The molecule has 2 unspecified atom stereocenters. The molecule has 3 nitrogen and oxygen atoms in total. The fourth-order valence-electron chi connectivity index (χ4n) is 3.07. The van der Waals surface area contributed by atoms with Gasteiger partial charge in [-0.3, -0.25) is 4.79 Å². The summed E-state index contributed by atoms with van der Waals surface area (Å²) >= 11 is 0. The van der Waals surface area contributed by atoms with E-state index in [9.17, 15) is 4.79 Å². The molecule has 0 saturated heterocycles. The molecule has 1 aliphatic carbocycles. The molecule has 100 valence electrons. The molecular formula is C16H20N2O. The minimum Gasteiger partial charge on any atom is -0.324 e. The van der Waals surface area contributed by atoms with Crippen LogP contribution in [0.1, 0.15) is 24.0 Å². The van der Waals surface area contributed by atoms with Crippen molar-refractivity contribution in [3.05, 3.63) is 41.5 Å². The second-order valence-electron chi connectivity index (χ2n) is 5.62. The number of rotatable bonds is 1. The number of hydrogen-bond donors (Lipinski definition) is 1. The summed E-state index contributed by atoms with van der Waals surface area (Å²) in [6.45, 7) is 2.92. The Kier molecular flexibility index (Phi) is 3.15. The highest BCUT2D eigenvalue weighted by atomic mass is 16.2. The molecule has 1 heterocycles. The van der Waals surface area contributed by atoms with E-state index in [0.717, 1.165) is 31.5 Å². The van der Waals surface area contributed by atoms with Gasteiger partial charge in [0.2, 0.25) is 5.91 Å². The summed E-state index contributed by atoms with van der Waals surface area (Å²) in [5.41, 5.74) is 9.50. The summed E-state index contributed by atoms with van der Waals surface area (Å²) in [7, 11) is 0. The van der Waals surface area contributed by atoms with Crippen molar-refractivity contribution in [2.24, 2.45) is 11.7 Å². The maximum absolute atomic E-state index is 12.6. The van der Waals surface area contributed by atoms with E-state index in [1.165, 1.54) is 11.1 Å². The Bertz CT molecular complexity index is 536. The first-order valence-corrected chi connectivity index (χ1v) is 7.00. The first kappa shape index (κ1) is 12.4. The molecule has 0 bridgehead atoms. The molecule has 0 fully saturated rings. The van der Waals surface area contributed by atoms with Crippen LogP contribution in [0.5, 0.6) is 0 Å². The Labute approximate surface area is 114 Å². The normalized spacial score (nSPS) is 25.5. The number of aryl methyl sites for hydroxylation is 2. The van der Waals surface area contributed by atoms with Gasteiger partial charge in [-0.05, 0) is 37.8 Å². The third-order valence-electron chi connectivity index (χ3n) is 4.05. The van der Waals surface area contributed by atoms with Crippen molar-refractivity contribution in [3.63, 3.8) is 0 Å². The summed E-state index contributed by atoms with van der Waals surface area (Å²) in [5, 5.41) is 0. The number of fused-ring (bicyclic) bond motifs is 1. The van der Waals surface area contributed by atoms with Crippen LogP contribution in [0.3, 0.4) is 0 Å². The molecule has 0 aromatic heterocycles. The Morgan fingerprint density at radius 2 is 2.21 bits per heavy atom. The van der Waals surface area contributed by atoms with Crippen LogP contribution < -0.4 is 10.6 Å². The van der Waals surface area contributed by atoms with Gasteiger partial charge in [0.25, 0.3) is 0 Å². The van der Waals surface area contributed by atoms with E-state index in [-0.39, 0.29) is 17.9 Å². The molecule has 0 saturated carbocycles. The first-order valence-electron chi connectivity index (χ1n) is 7.00. The van der Waals surface area contributed by atoms with Crippen LogP contribution in [0.2, 0.25) is 0 Å². The van der Waals surface area contributed by atoms with Crippen molar-refractivity contribution in [2.45, 2.75) is 32.2 Å². The number of benzene rings is 1. The highest BCUT2D eigenvalue weighted by Crippen LogP contribution is 2.31. The van der Waals surface area contributed by atoms with Crippen LogP contribution >= 0.6 is 0 Å². The molecule has 2 N–H and O–H groups in total. The van der Waals surface area contributed by atoms with E-state index < -0.39 is 0 Å². The predicted molar refractivity (Wildman–Crippen MR) is 77.1 cm³/mol. The first-order chi connectivity index (χ1) is 9.15. The molecule has 1 aromatic rings. The highest BCUT2D eigenvalue weighted by Gasteiger charge is 2.30. The summed E-state index contributed by atoms with van der Waals surface area (Å²) in [5.74, 6) is 0.163. The lowest BCUT2D eigenvalue weighted by Gasteiger charge is -2.31. The van der Waals surface area contributed by atoms with Crippen molar-refractivity contribution >= 4 is 11.6 Å². The number of hydrogen-bond acceptors (Lipinski definition) is 2. The van der Waals surface area contributed by atoms with Gasteiger partial charge in [0, 0.05) is 18.3 Å². The number of anilines is 1. The average Bonchev–Trinajstić information content (AvgIpc) is 2.83. The lowest BCUT2D eigenvalue weighted by atomic mass is 9.97. The molecule has 3 rings (SSSR count). The third kappa shape index (κ3) is 2.30. The zero-order valence-electron chi connectivity index (χ0n) is 11.3. The maximum Gasteiger partial charge on any atom is 0.233 e. The third-order valence-corrected chi connectivity index (χ3v) is 4.05. The van der Waals surface area contributed by atoms with E-state index in [0.29, 0.717) is 0 Å². The topological polar surface area (TPSA) is 46.3 Å². The lowest BCUT2D eigenvalue weighted by Crippen LogP contribution is -2.39. The number of nitrogens with zero attached hydrogens (tertiary/aromatic N) is 1. The van der Waals surface area contributed by atoms with Crippen molar-refractivity contribution in [2.75, 3.05) is 11.4 Å². The summed E-state index contributed by atoms with van der Waals surface area (Å²) in [6.07, 6.45) is 6.78. The molecule has 3 heteroatoms. The van der Waals surface area contributed by atoms with Gasteiger partial charge >= 0.3 is 0 Å². The van der Waals surface area contributed by atoms with Crippen LogP contribution in [-0.4, -0.2) is 18.5 Å².